The zero-order valence-electron chi connectivity index (χ0n) is 10.2. The third-order valence-corrected chi connectivity index (χ3v) is 3.44. The molecule has 1 aromatic heterocycles. The van der Waals surface area contributed by atoms with Crippen molar-refractivity contribution in [2.24, 2.45) is 0 Å². The van der Waals surface area contributed by atoms with E-state index in [-0.39, 0.29) is 11.9 Å². The van der Waals surface area contributed by atoms with Crippen LogP contribution in [0.15, 0.2) is 48.8 Å². The van der Waals surface area contributed by atoms with Crippen LogP contribution < -0.4 is 4.90 Å². The highest BCUT2D eigenvalue weighted by atomic mass is 16.2. The predicted octanol–water partition coefficient (Wildman–Crippen LogP) is 2.73. The number of hydrogen-bond acceptors (Lipinski definition) is 2. The van der Waals surface area contributed by atoms with E-state index in [2.05, 4.69) is 11.9 Å². The topological polar surface area (TPSA) is 33.2 Å². The van der Waals surface area contributed by atoms with Crippen molar-refractivity contribution in [1.82, 2.24) is 4.98 Å². The summed E-state index contributed by atoms with van der Waals surface area (Å²) in [6, 6.07) is 11.9. The molecule has 0 saturated carbocycles. The van der Waals surface area contributed by atoms with E-state index in [4.69, 9.17) is 0 Å². The van der Waals surface area contributed by atoms with E-state index in [0.717, 1.165) is 16.8 Å². The molecule has 1 atom stereocenters. The average molecular weight is 238 g/mol. The van der Waals surface area contributed by atoms with Crippen LogP contribution in [0.1, 0.15) is 24.1 Å². The Balaban J connectivity index is 2.00. The first-order valence-electron chi connectivity index (χ1n) is 6.07. The number of hydrogen-bond donors (Lipinski definition) is 0. The molecule has 2 aromatic rings. The molecule has 3 rings (SSSR count). The lowest BCUT2D eigenvalue weighted by molar-refractivity contribution is -0.117. The Morgan fingerprint density at radius 1 is 1.17 bits per heavy atom. The third-order valence-electron chi connectivity index (χ3n) is 3.44. The molecule has 0 radical (unpaired) electrons. The molecule has 3 heteroatoms. The maximum Gasteiger partial charge on any atom is 0.232 e. The van der Waals surface area contributed by atoms with Gasteiger partial charge in [0.1, 0.15) is 0 Å². The van der Waals surface area contributed by atoms with E-state index in [0.29, 0.717) is 6.42 Å². The van der Waals surface area contributed by atoms with E-state index < -0.39 is 0 Å². The van der Waals surface area contributed by atoms with Gasteiger partial charge in [0.15, 0.2) is 0 Å². The molecule has 1 amide bonds. The van der Waals surface area contributed by atoms with Crippen molar-refractivity contribution < 1.29 is 4.79 Å². The molecule has 0 spiro atoms. The summed E-state index contributed by atoms with van der Waals surface area (Å²) in [7, 11) is 0. The number of carbonyl (C=O) groups excluding carboxylic acids is 1. The number of carbonyl (C=O) groups is 1. The molecule has 18 heavy (non-hydrogen) atoms. The van der Waals surface area contributed by atoms with Crippen molar-refractivity contribution in [2.75, 3.05) is 4.90 Å². The highest BCUT2D eigenvalue weighted by molar-refractivity contribution is 6.01. The fraction of sp³-hybridized carbons (Fsp3) is 0.200. The maximum atomic E-state index is 12.2. The summed E-state index contributed by atoms with van der Waals surface area (Å²) in [5.74, 6) is 0.167. The zero-order chi connectivity index (χ0) is 12.5. The molecule has 1 unspecified atom stereocenters. The van der Waals surface area contributed by atoms with Crippen LogP contribution in [-0.4, -0.2) is 10.9 Å². The highest BCUT2D eigenvalue weighted by Gasteiger charge is 2.31. The number of aromatic nitrogens is 1. The molecule has 0 saturated heterocycles. The largest absolute Gasteiger partial charge is 0.305 e. The minimum atomic E-state index is 0.0455. The number of rotatable bonds is 2. The monoisotopic (exact) mass is 238 g/mol. The quantitative estimate of drug-likeness (QED) is 0.806. The number of amides is 1. The smallest absolute Gasteiger partial charge is 0.232 e. The molecular weight excluding hydrogens is 224 g/mol. The van der Waals surface area contributed by atoms with E-state index in [1.165, 1.54) is 0 Å². The molecule has 3 nitrogen and oxygen atoms in total. The van der Waals surface area contributed by atoms with Crippen LogP contribution in [0.25, 0.3) is 0 Å². The predicted molar refractivity (Wildman–Crippen MR) is 70.3 cm³/mol. The van der Waals surface area contributed by atoms with Crippen LogP contribution in [0.3, 0.4) is 0 Å². The Bertz CT molecular complexity index is 580. The number of pyridine rings is 1. The van der Waals surface area contributed by atoms with Crippen molar-refractivity contribution in [3.05, 3.63) is 59.9 Å². The summed E-state index contributed by atoms with van der Waals surface area (Å²) < 4.78 is 0. The summed E-state index contributed by atoms with van der Waals surface area (Å²) in [6.45, 7) is 2.05. The van der Waals surface area contributed by atoms with Gasteiger partial charge in [-0.2, -0.15) is 0 Å². The average Bonchev–Trinajstić information content (AvgIpc) is 2.75. The van der Waals surface area contributed by atoms with Gasteiger partial charge in [-0.25, -0.2) is 0 Å². The third kappa shape index (κ3) is 1.68. The van der Waals surface area contributed by atoms with Gasteiger partial charge in [0.05, 0.1) is 12.5 Å². The van der Waals surface area contributed by atoms with Crippen molar-refractivity contribution in [1.29, 1.82) is 0 Å². The lowest BCUT2D eigenvalue weighted by Crippen LogP contribution is -2.29. The molecule has 0 fully saturated rings. The second-order valence-electron chi connectivity index (χ2n) is 4.53. The van der Waals surface area contributed by atoms with E-state index in [1.54, 1.807) is 12.4 Å². The normalized spacial score (nSPS) is 15.6. The zero-order valence-corrected chi connectivity index (χ0v) is 10.2. The van der Waals surface area contributed by atoms with Crippen LogP contribution in [0.2, 0.25) is 0 Å². The number of anilines is 1. The first-order chi connectivity index (χ1) is 8.77. The van der Waals surface area contributed by atoms with E-state index in [1.807, 2.05) is 41.3 Å². The molecule has 0 aliphatic carbocycles. The minimum Gasteiger partial charge on any atom is -0.305 e. The molecule has 0 bridgehead atoms. The van der Waals surface area contributed by atoms with Crippen LogP contribution in [0.4, 0.5) is 5.69 Å². The van der Waals surface area contributed by atoms with Gasteiger partial charge in [-0.05, 0) is 36.2 Å². The second-order valence-corrected chi connectivity index (χ2v) is 4.53. The molecule has 1 aliphatic rings. The number of benzene rings is 1. The Hall–Kier alpha value is -2.16. The molecule has 2 heterocycles. The number of fused-ring (bicyclic) bond motifs is 1. The van der Waals surface area contributed by atoms with E-state index >= 15 is 0 Å². The van der Waals surface area contributed by atoms with Crippen LogP contribution in [-0.2, 0) is 11.2 Å². The first-order valence-corrected chi connectivity index (χ1v) is 6.07. The van der Waals surface area contributed by atoms with Gasteiger partial charge >= 0.3 is 0 Å². The molecule has 1 aliphatic heterocycles. The van der Waals surface area contributed by atoms with Crippen molar-refractivity contribution in [3.63, 3.8) is 0 Å². The standard InChI is InChI=1S/C15H14N2O/c1-11(12-6-8-16-9-7-12)17-14-5-3-2-4-13(14)10-15(17)18/h2-9,11H,10H2,1H3. The Kier molecular flexibility index (Phi) is 2.59. The van der Waals surface area contributed by atoms with Gasteiger partial charge in [0, 0.05) is 18.1 Å². The molecular formula is C15H14N2O. The minimum absolute atomic E-state index is 0.0455. The summed E-state index contributed by atoms with van der Waals surface area (Å²) in [5.41, 5.74) is 3.25. The Labute approximate surface area is 106 Å². The molecule has 0 N–H and O–H groups in total. The SMILES string of the molecule is CC(c1ccncc1)N1C(=O)Cc2ccccc21. The summed E-state index contributed by atoms with van der Waals surface area (Å²) >= 11 is 0. The van der Waals surface area contributed by atoms with Gasteiger partial charge in [0.2, 0.25) is 5.91 Å². The van der Waals surface area contributed by atoms with Gasteiger partial charge < -0.3 is 4.90 Å². The number of para-hydroxylation sites is 1. The molecule has 90 valence electrons. The first kappa shape index (κ1) is 11.0. The Morgan fingerprint density at radius 3 is 2.67 bits per heavy atom. The highest BCUT2D eigenvalue weighted by Crippen LogP contribution is 2.35. The van der Waals surface area contributed by atoms with Crippen molar-refractivity contribution in [3.8, 4) is 0 Å². The second kappa shape index (κ2) is 4.26. The van der Waals surface area contributed by atoms with Crippen LogP contribution in [0, 0.1) is 0 Å². The van der Waals surface area contributed by atoms with Crippen molar-refractivity contribution in [2.45, 2.75) is 19.4 Å². The fourth-order valence-corrected chi connectivity index (χ4v) is 2.49. The Morgan fingerprint density at radius 2 is 1.89 bits per heavy atom. The summed E-state index contributed by atoms with van der Waals surface area (Å²) in [6.07, 6.45) is 4.03. The van der Waals surface area contributed by atoms with Crippen molar-refractivity contribution >= 4 is 11.6 Å². The molecule has 1 aromatic carbocycles. The van der Waals surface area contributed by atoms with Gasteiger partial charge in [0.25, 0.3) is 0 Å². The van der Waals surface area contributed by atoms with E-state index in [9.17, 15) is 4.79 Å². The van der Waals surface area contributed by atoms with Crippen LogP contribution in [0.5, 0.6) is 0 Å². The van der Waals surface area contributed by atoms with Gasteiger partial charge in [-0.15, -0.1) is 0 Å². The maximum absolute atomic E-state index is 12.2. The summed E-state index contributed by atoms with van der Waals surface area (Å²) in [5, 5.41) is 0. The van der Waals surface area contributed by atoms with Gasteiger partial charge in [-0.3, -0.25) is 9.78 Å². The van der Waals surface area contributed by atoms with Crippen LogP contribution >= 0.6 is 0 Å². The lowest BCUT2D eigenvalue weighted by atomic mass is 10.1. The number of nitrogens with zero attached hydrogens (tertiary/aromatic N) is 2. The summed E-state index contributed by atoms with van der Waals surface area (Å²) in [4.78, 5) is 18.1. The van der Waals surface area contributed by atoms with Gasteiger partial charge in [-0.1, -0.05) is 18.2 Å². The lowest BCUT2D eigenvalue weighted by Gasteiger charge is -2.25. The fourth-order valence-electron chi connectivity index (χ4n) is 2.49.